The quantitative estimate of drug-likeness (QED) is 0.615. The lowest BCUT2D eigenvalue weighted by Gasteiger charge is -2.15. The number of rotatable bonds is 8. The fourth-order valence-electron chi connectivity index (χ4n) is 2.29. The third-order valence-corrected chi connectivity index (χ3v) is 5.05. The van der Waals surface area contributed by atoms with E-state index in [0.29, 0.717) is 13.2 Å². The van der Waals surface area contributed by atoms with Crippen molar-refractivity contribution in [2.24, 2.45) is 0 Å². The zero-order chi connectivity index (χ0) is 16.5. The summed E-state index contributed by atoms with van der Waals surface area (Å²) in [5.74, 6) is 0. The average molecular weight is 333 g/mol. The van der Waals surface area contributed by atoms with Crippen LogP contribution in [0.15, 0.2) is 91.0 Å². The van der Waals surface area contributed by atoms with Gasteiger partial charge in [-0.3, -0.25) is 0 Å². The van der Waals surface area contributed by atoms with Crippen molar-refractivity contribution in [1.82, 2.24) is 0 Å². The highest BCUT2D eigenvalue weighted by atomic mass is 27.2. The standard InChI is InChI=1S/2C7H7O.C6H6N.Al/c2*8-6-7-4-2-1-3-5-7;7-6-4-2-1-3-5-6;/h2*1-5H,6H2;1-5,7H;/q3*-1;+3. The lowest BCUT2D eigenvalue weighted by molar-refractivity contribution is 0.187. The van der Waals surface area contributed by atoms with Crippen LogP contribution in [0.4, 0.5) is 5.69 Å². The second-order valence-electron chi connectivity index (χ2n) is 5.44. The molecule has 0 unspecified atom stereocenters. The molecule has 0 heterocycles. The Kier molecular flexibility index (Phi) is 6.47. The molecule has 0 aliphatic carbocycles. The fraction of sp³-hybridized carbons (Fsp3) is 0.100. The Labute approximate surface area is 148 Å². The minimum Gasteiger partial charge on any atom is -0.456 e. The van der Waals surface area contributed by atoms with E-state index in [1.54, 1.807) is 0 Å². The van der Waals surface area contributed by atoms with Crippen LogP contribution in [0.1, 0.15) is 11.1 Å². The van der Waals surface area contributed by atoms with Gasteiger partial charge in [-0.2, -0.15) is 0 Å². The van der Waals surface area contributed by atoms with Gasteiger partial charge in [0.15, 0.2) is 0 Å². The molecule has 0 spiro atoms. The molecule has 0 fully saturated rings. The Hall–Kier alpha value is -2.09. The second kappa shape index (κ2) is 9.27. The first-order valence-corrected chi connectivity index (χ1v) is 9.55. The van der Waals surface area contributed by atoms with Gasteiger partial charge < -0.3 is 11.9 Å². The molecule has 0 radical (unpaired) electrons. The molecule has 0 bridgehead atoms. The predicted octanol–water partition coefficient (Wildman–Crippen LogP) is 4.52. The Morgan fingerprint density at radius 2 is 1.00 bits per heavy atom. The first-order valence-electron chi connectivity index (χ1n) is 8.03. The number of hydrogen-bond donors (Lipinski definition) is 1. The van der Waals surface area contributed by atoms with Crippen LogP contribution >= 0.6 is 0 Å². The van der Waals surface area contributed by atoms with E-state index in [4.69, 9.17) is 7.58 Å². The molecule has 0 saturated carbocycles. The van der Waals surface area contributed by atoms with Crippen LogP contribution in [0.2, 0.25) is 0 Å². The van der Waals surface area contributed by atoms with E-state index in [9.17, 15) is 0 Å². The van der Waals surface area contributed by atoms with Crippen LogP contribution in [0, 0.1) is 0 Å². The van der Waals surface area contributed by atoms with Gasteiger partial charge in [0.2, 0.25) is 0 Å². The molecule has 0 amide bonds. The molecule has 3 aromatic rings. The van der Waals surface area contributed by atoms with Gasteiger partial charge in [0, 0.05) is 18.9 Å². The van der Waals surface area contributed by atoms with Crippen molar-refractivity contribution >= 4 is 20.7 Å². The summed E-state index contributed by atoms with van der Waals surface area (Å²) in [6.07, 6.45) is 0. The predicted molar refractivity (Wildman–Crippen MR) is 98.3 cm³/mol. The van der Waals surface area contributed by atoms with Gasteiger partial charge in [0.05, 0.1) is 0 Å². The molecular formula is C20H20AlNO2. The van der Waals surface area contributed by atoms with Gasteiger partial charge >= 0.3 is 15.0 Å². The molecule has 3 rings (SSSR count). The summed E-state index contributed by atoms with van der Waals surface area (Å²) in [4.78, 5) is 0. The lowest BCUT2D eigenvalue weighted by atomic mass is 10.2. The van der Waals surface area contributed by atoms with Gasteiger partial charge in [-0.05, 0) is 23.3 Å². The summed E-state index contributed by atoms with van der Waals surface area (Å²) in [6.45, 7) is 1.10. The summed E-state index contributed by atoms with van der Waals surface area (Å²) < 4.78 is 15.5. The minimum atomic E-state index is -2.05. The van der Waals surface area contributed by atoms with E-state index in [0.717, 1.165) is 16.8 Å². The van der Waals surface area contributed by atoms with Crippen molar-refractivity contribution in [3.63, 3.8) is 0 Å². The normalized spacial score (nSPS) is 10.3. The molecule has 3 nitrogen and oxygen atoms in total. The molecule has 0 aromatic heterocycles. The van der Waals surface area contributed by atoms with E-state index in [1.165, 1.54) is 0 Å². The summed E-state index contributed by atoms with van der Waals surface area (Å²) in [5, 5.41) is 0. The van der Waals surface area contributed by atoms with E-state index in [1.807, 2.05) is 66.7 Å². The second-order valence-corrected chi connectivity index (χ2v) is 7.05. The molecular weight excluding hydrogens is 313 g/mol. The smallest absolute Gasteiger partial charge is 0.456 e. The van der Waals surface area contributed by atoms with Crippen LogP contribution in [0.3, 0.4) is 0 Å². The molecule has 3 aromatic carbocycles. The zero-order valence-corrected chi connectivity index (χ0v) is 14.6. The summed E-state index contributed by atoms with van der Waals surface area (Å²) in [6, 6.07) is 30.4. The summed E-state index contributed by atoms with van der Waals surface area (Å²) in [5.41, 5.74) is 3.32. The molecule has 4 heteroatoms. The molecule has 0 aliphatic heterocycles. The number of anilines is 1. The largest absolute Gasteiger partial charge is 0.847 e. The van der Waals surface area contributed by atoms with Crippen molar-refractivity contribution < 1.29 is 7.58 Å². The van der Waals surface area contributed by atoms with Crippen molar-refractivity contribution in [2.75, 3.05) is 4.30 Å². The molecule has 0 aliphatic rings. The van der Waals surface area contributed by atoms with Crippen LogP contribution in [0.5, 0.6) is 0 Å². The highest BCUT2D eigenvalue weighted by Gasteiger charge is 2.28. The highest BCUT2D eigenvalue weighted by Crippen LogP contribution is 2.10. The van der Waals surface area contributed by atoms with Gasteiger partial charge in [0.25, 0.3) is 0 Å². The number of nitrogens with one attached hydrogen (secondary N) is 1. The van der Waals surface area contributed by atoms with Crippen LogP contribution < -0.4 is 4.30 Å². The van der Waals surface area contributed by atoms with Crippen LogP contribution in [-0.4, -0.2) is 15.0 Å². The van der Waals surface area contributed by atoms with Gasteiger partial charge in [-0.1, -0.05) is 78.9 Å². The Bertz CT molecular complexity index is 664. The monoisotopic (exact) mass is 333 g/mol. The Morgan fingerprint density at radius 1 is 0.583 bits per heavy atom. The van der Waals surface area contributed by atoms with Crippen molar-refractivity contribution in [3.05, 3.63) is 102 Å². The van der Waals surface area contributed by atoms with Crippen LogP contribution in [0.25, 0.3) is 0 Å². The molecule has 0 atom stereocenters. The molecule has 24 heavy (non-hydrogen) atoms. The van der Waals surface area contributed by atoms with E-state index in [-0.39, 0.29) is 0 Å². The van der Waals surface area contributed by atoms with Crippen molar-refractivity contribution in [2.45, 2.75) is 13.2 Å². The van der Waals surface area contributed by atoms with Crippen molar-refractivity contribution in [3.8, 4) is 0 Å². The average Bonchev–Trinajstić information content (AvgIpc) is 2.66. The Balaban J connectivity index is 1.61. The lowest BCUT2D eigenvalue weighted by Crippen LogP contribution is -2.32. The van der Waals surface area contributed by atoms with E-state index < -0.39 is 15.0 Å². The molecule has 120 valence electrons. The summed E-state index contributed by atoms with van der Waals surface area (Å²) >= 11 is -2.05. The third kappa shape index (κ3) is 5.52. The maximum absolute atomic E-state index is 6.06. The van der Waals surface area contributed by atoms with Crippen LogP contribution in [-0.2, 0) is 20.8 Å². The number of hydrogen-bond acceptors (Lipinski definition) is 3. The van der Waals surface area contributed by atoms with E-state index in [2.05, 4.69) is 28.6 Å². The summed E-state index contributed by atoms with van der Waals surface area (Å²) in [7, 11) is 0. The van der Waals surface area contributed by atoms with Gasteiger partial charge in [0.1, 0.15) is 0 Å². The third-order valence-electron chi connectivity index (χ3n) is 3.55. The maximum Gasteiger partial charge on any atom is 0.847 e. The molecule has 0 saturated heterocycles. The number of benzene rings is 3. The molecule has 1 N–H and O–H groups in total. The maximum atomic E-state index is 6.06. The highest BCUT2D eigenvalue weighted by molar-refractivity contribution is 6.48. The first-order chi connectivity index (χ1) is 11.9. The fourth-order valence-corrected chi connectivity index (χ4v) is 3.71. The van der Waals surface area contributed by atoms with Crippen molar-refractivity contribution in [1.29, 1.82) is 0 Å². The van der Waals surface area contributed by atoms with Gasteiger partial charge in [-0.25, -0.2) is 0 Å². The SMILES string of the molecule is c1ccc(C[O][Al]([NH]c2ccccc2)[O]Cc2ccccc2)cc1. The minimum absolute atomic E-state index is 0.548. The van der Waals surface area contributed by atoms with E-state index >= 15 is 0 Å². The van der Waals surface area contributed by atoms with Gasteiger partial charge in [-0.15, -0.1) is 0 Å². The zero-order valence-electron chi connectivity index (χ0n) is 13.5. The Morgan fingerprint density at radius 3 is 1.46 bits per heavy atom. The topological polar surface area (TPSA) is 30.5 Å². The first kappa shape index (κ1) is 16.8. The number of para-hydroxylation sites is 1.